The summed E-state index contributed by atoms with van der Waals surface area (Å²) in [7, 11) is 0. The fourth-order valence-corrected chi connectivity index (χ4v) is 2.41. The summed E-state index contributed by atoms with van der Waals surface area (Å²) in [5.74, 6) is 0.800. The second-order valence-corrected chi connectivity index (χ2v) is 4.88. The van der Waals surface area contributed by atoms with Gasteiger partial charge in [0, 0.05) is 13.1 Å². The number of likely N-dealkylation sites (tertiary alicyclic amines) is 1. The highest BCUT2D eigenvalue weighted by Gasteiger charge is 2.32. The van der Waals surface area contributed by atoms with Crippen LogP contribution in [-0.2, 0) is 6.54 Å². The highest BCUT2D eigenvalue weighted by atomic mass is 19.1. The second kappa shape index (κ2) is 4.94. The number of nitrogens with two attached hydrogens (primary N) is 2. The molecule has 1 aliphatic heterocycles. The number of alkyl halides is 1. The topological polar surface area (TPSA) is 68.2 Å². The Balaban J connectivity index is 2.07. The Morgan fingerprint density at radius 2 is 2.11 bits per heavy atom. The van der Waals surface area contributed by atoms with E-state index >= 15 is 0 Å². The van der Waals surface area contributed by atoms with E-state index in [-0.39, 0.29) is 0 Å². The van der Waals surface area contributed by atoms with Gasteiger partial charge in [0.15, 0.2) is 0 Å². The Labute approximate surface area is 106 Å². The third-order valence-corrected chi connectivity index (χ3v) is 3.25. The lowest BCUT2D eigenvalue weighted by atomic mass is 9.94. The van der Waals surface area contributed by atoms with E-state index in [9.17, 15) is 4.39 Å². The molecule has 98 valence electrons. The van der Waals surface area contributed by atoms with Gasteiger partial charge in [-0.25, -0.2) is 9.37 Å². The van der Waals surface area contributed by atoms with Crippen LogP contribution in [0.25, 0.3) is 0 Å². The maximum atomic E-state index is 14.2. The molecule has 18 heavy (non-hydrogen) atoms. The molecule has 1 saturated heterocycles. The van der Waals surface area contributed by atoms with E-state index in [4.69, 9.17) is 11.5 Å². The molecule has 0 amide bonds. The number of nitrogen functional groups attached to an aromatic ring is 2. The van der Waals surface area contributed by atoms with Crippen molar-refractivity contribution < 1.29 is 4.39 Å². The predicted octanol–water partition coefficient (Wildman–Crippen LogP) is 1.74. The summed E-state index contributed by atoms with van der Waals surface area (Å²) in [5.41, 5.74) is 11.0. The van der Waals surface area contributed by atoms with Crippen LogP contribution in [-0.4, -0.2) is 28.6 Å². The predicted molar refractivity (Wildman–Crippen MR) is 71.6 cm³/mol. The summed E-state index contributed by atoms with van der Waals surface area (Å²) >= 11 is 0. The van der Waals surface area contributed by atoms with E-state index in [0.717, 1.165) is 18.5 Å². The first kappa shape index (κ1) is 12.8. The number of piperidine rings is 1. The van der Waals surface area contributed by atoms with E-state index in [1.54, 1.807) is 12.1 Å². The van der Waals surface area contributed by atoms with Gasteiger partial charge in [-0.05, 0) is 37.1 Å². The van der Waals surface area contributed by atoms with Gasteiger partial charge in [-0.15, -0.1) is 0 Å². The summed E-state index contributed by atoms with van der Waals surface area (Å²) < 4.78 is 14.2. The first-order chi connectivity index (χ1) is 8.50. The molecule has 2 rings (SSSR count). The number of pyridine rings is 1. The molecule has 1 aliphatic rings. The minimum absolute atomic E-state index is 0.374. The lowest BCUT2D eigenvalue weighted by molar-refractivity contribution is 0.0789. The molecule has 4 nitrogen and oxygen atoms in total. The van der Waals surface area contributed by atoms with Gasteiger partial charge in [0.1, 0.15) is 17.3 Å². The molecule has 0 aromatic carbocycles. The quantitative estimate of drug-likeness (QED) is 0.802. The van der Waals surface area contributed by atoms with Crippen LogP contribution in [0.2, 0.25) is 0 Å². The summed E-state index contributed by atoms with van der Waals surface area (Å²) in [6, 6.07) is 3.55. The SMILES string of the molecule is C=CC1(F)CCCN(Cc2cc(N)nc(N)c2)C1. The van der Waals surface area contributed by atoms with Gasteiger partial charge < -0.3 is 11.5 Å². The van der Waals surface area contributed by atoms with Crippen LogP contribution in [0.1, 0.15) is 18.4 Å². The van der Waals surface area contributed by atoms with Crippen LogP contribution in [0.5, 0.6) is 0 Å². The molecular weight excluding hydrogens is 231 g/mol. The number of nitrogens with zero attached hydrogens (tertiary/aromatic N) is 2. The molecule has 5 heteroatoms. The molecule has 1 fully saturated rings. The Bertz CT molecular complexity index is 428. The standard InChI is InChI=1S/C13H19FN4/c1-2-13(14)4-3-5-18(9-13)8-10-6-11(15)17-12(16)7-10/h2,6-7H,1,3-5,8-9H2,(H4,15,16,17). The van der Waals surface area contributed by atoms with Crippen molar-refractivity contribution in [1.29, 1.82) is 0 Å². The van der Waals surface area contributed by atoms with Crippen molar-refractivity contribution in [3.63, 3.8) is 0 Å². The Kier molecular flexibility index (Phi) is 3.52. The van der Waals surface area contributed by atoms with Crippen molar-refractivity contribution >= 4 is 11.6 Å². The van der Waals surface area contributed by atoms with Gasteiger partial charge in [0.05, 0.1) is 0 Å². The molecule has 1 unspecified atom stereocenters. The lowest BCUT2D eigenvalue weighted by Crippen LogP contribution is -2.43. The normalized spacial score (nSPS) is 24.9. The van der Waals surface area contributed by atoms with Gasteiger partial charge in [0.25, 0.3) is 0 Å². The van der Waals surface area contributed by atoms with E-state index in [1.807, 2.05) is 0 Å². The van der Waals surface area contributed by atoms with Crippen molar-refractivity contribution in [2.45, 2.75) is 25.1 Å². The number of aromatic nitrogens is 1. The number of anilines is 2. The lowest BCUT2D eigenvalue weighted by Gasteiger charge is -2.35. The van der Waals surface area contributed by atoms with Crippen molar-refractivity contribution in [2.75, 3.05) is 24.6 Å². The van der Waals surface area contributed by atoms with Crippen LogP contribution in [0.15, 0.2) is 24.8 Å². The number of hydrogen-bond acceptors (Lipinski definition) is 4. The zero-order valence-corrected chi connectivity index (χ0v) is 10.4. The fraction of sp³-hybridized carbons (Fsp3) is 0.462. The second-order valence-electron chi connectivity index (χ2n) is 4.88. The largest absolute Gasteiger partial charge is 0.384 e. The van der Waals surface area contributed by atoms with Crippen LogP contribution in [0.4, 0.5) is 16.0 Å². The average molecular weight is 250 g/mol. The minimum atomic E-state index is -1.28. The number of halogens is 1. The van der Waals surface area contributed by atoms with Crippen LogP contribution < -0.4 is 11.5 Å². The van der Waals surface area contributed by atoms with Gasteiger partial charge in [-0.3, -0.25) is 4.90 Å². The van der Waals surface area contributed by atoms with Crippen molar-refractivity contribution in [3.8, 4) is 0 Å². The molecule has 2 heterocycles. The summed E-state index contributed by atoms with van der Waals surface area (Å²) in [6.07, 6.45) is 2.79. The Hall–Kier alpha value is -1.62. The maximum absolute atomic E-state index is 14.2. The zero-order valence-electron chi connectivity index (χ0n) is 10.4. The van der Waals surface area contributed by atoms with Crippen molar-refractivity contribution in [1.82, 2.24) is 9.88 Å². The third-order valence-electron chi connectivity index (χ3n) is 3.25. The molecule has 0 saturated carbocycles. The van der Waals surface area contributed by atoms with Gasteiger partial charge in [-0.1, -0.05) is 12.7 Å². The summed E-state index contributed by atoms with van der Waals surface area (Å²) in [5, 5.41) is 0. The van der Waals surface area contributed by atoms with E-state index < -0.39 is 5.67 Å². The van der Waals surface area contributed by atoms with Gasteiger partial charge >= 0.3 is 0 Å². The molecule has 1 aromatic rings. The zero-order chi connectivity index (χ0) is 13.2. The number of rotatable bonds is 3. The monoisotopic (exact) mass is 250 g/mol. The van der Waals surface area contributed by atoms with Crippen molar-refractivity contribution in [3.05, 3.63) is 30.4 Å². The molecule has 0 aliphatic carbocycles. The van der Waals surface area contributed by atoms with E-state index in [2.05, 4.69) is 16.5 Å². The molecule has 4 N–H and O–H groups in total. The highest BCUT2D eigenvalue weighted by Crippen LogP contribution is 2.27. The molecular formula is C13H19FN4. The summed E-state index contributed by atoms with van der Waals surface area (Å²) in [6.45, 7) is 5.46. The van der Waals surface area contributed by atoms with Crippen molar-refractivity contribution in [2.24, 2.45) is 0 Å². The first-order valence-corrected chi connectivity index (χ1v) is 6.07. The molecule has 0 bridgehead atoms. The summed E-state index contributed by atoms with van der Waals surface area (Å²) in [4.78, 5) is 5.97. The molecule has 1 aromatic heterocycles. The van der Waals surface area contributed by atoms with Crippen LogP contribution in [0, 0.1) is 0 Å². The number of hydrogen-bond donors (Lipinski definition) is 2. The fourth-order valence-electron chi connectivity index (χ4n) is 2.41. The smallest absolute Gasteiger partial charge is 0.141 e. The highest BCUT2D eigenvalue weighted by molar-refractivity contribution is 5.43. The van der Waals surface area contributed by atoms with E-state index in [0.29, 0.717) is 31.1 Å². The minimum Gasteiger partial charge on any atom is -0.384 e. The van der Waals surface area contributed by atoms with Gasteiger partial charge in [0.2, 0.25) is 0 Å². The van der Waals surface area contributed by atoms with E-state index in [1.165, 1.54) is 6.08 Å². The first-order valence-electron chi connectivity index (χ1n) is 6.07. The Morgan fingerprint density at radius 1 is 1.44 bits per heavy atom. The Morgan fingerprint density at radius 3 is 2.72 bits per heavy atom. The molecule has 0 spiro atoms. The van der Waals surface area contributed by atoms with Crippen LogP contribution in [0.3, 0.4) is 0 Å². The third kappa shape index (κ3) is 2.98. The molecule has 1 atom stereocenters. The average Bonchev–Trinajstić information content (AvgIpc) is 2.27. The van der Waals surface area contributed by atoms with Crippen LogP contribution >= 0.6 is 0 Å². The molecule has 0 radical (unpaired) electrons. The maximum Gasteiger partial charge on any atom is 0.141 e. The van der Waals surface area contributed by atoms with Gasteiger partial charge in [-0.2, -0.15) is 0 Å².